The molecule has 1 aliphatic heterocycles. The molecule has 0 saturated carbocycles. The van der Waals surface area contributed by atoms with Crippen LogP contribution in [0.1, 0.15) is 39.5 Å². The molecule has 1 fully saturated rings. The Labute approximate surface area is 125 Å². The Morgan fingerprint density at radius 3 is 1.90 bits per heavy atom. The highest BCUT2D eigenvalue weighted by atomic mass is 16.3. The number of hydrogen-bond acceptors (Lipinski definition) is 4. The second kappa shape index (κ2) is 11.5. The highest BCUT2D eigenvalue weighted by molar-refractivity contribution is 4.71. The molecule has 0 unspecified atom stereocenters. The lowest BCUT2D eigenvalue weighted by Gasteiger charge is -2.34. The van der Waals surface area contributed by atoms with Crippen LogP contribution in [0.2, 0.25) is 0 Å². The predicted molar refractivity (Wildman–Crippen MR) is 86.2 cm³/mol. The summed E-state index contributed by atoms with van der Waals surface area (Å²) < 4.78 is 0. The summed E-state index contributed by atoms with van der Waals surface area (Å²) in [5, 5.41) is 8.92. The molecule has 1 aliphatic rings. The molecule has 4 nitrogen and oxygen atoms in total. The third-order valence-corrected chi connectivity index (χ3v) is 4.47. The van der Waals surface area contributed by atoms with Crippen LogP contribution >= 0.6 is 0 Å². The second-order valence-electron chi connectivity index (χ2n) is 5.85. The Bertz CT molecular complexity index is 214. The Morgan fingerprint density at radius 2 is 1.35 bits per heavy atom. The molecule has 20 heavy (non-hydrogen) atoms. The fourth-order valence-corrected chi connectivity index (χ4v) is 2.94. The van der Waals surface area contributed by atoms with Gasteiger partial charge in [0.25, 0.3) is 0 Å². The van der Waals surface area contributed by atoms with Crippen LogP contribution in [-0.4, -0.2) is 85.3 Å². The number of nitrogens with zero attached hydrogens (tertiary/aromatic N) is 3. The third-order valence-electron chi connectivity index (χ3n) is 4.47. The minimum absolute atomic E-state index is 0.298. The quantitative estimate of drug-likeness (QED) is 0.583. The summed E-state index contributed by atoms with van der Waals surface area (Å²) in [6, 6.07) is 0. The Kier molecular flexibility index (Phi) is 10.3. The normalized spacial score (nSPS) is 18.0. The van der Waals surface area contributed by atoms with Gasteiger partial charge in [0.1, 0.15) is 0 Å². The van der Waals surface area contributed by atoms with E-state index in [0.29, 0.717) is 6.61 Å². The number of rotatable bonds is 11. The van der Waals surface area contributed by atoms with E-state index in [-0.39, 0.29) is 0 Å². The summed E-state index contributed by atoms with van der Waals surface area (Å²) in [6.45, 7) is 15.2. The van der Waals surface area contributed by atoms with Gasteiger partial charge >= 0.3 is 0 Å². The van der Waals surface area contributed by atoms with E-state index < -0.39 is 0 Å². The molecule has 1 N–H and O–H groups in total. The van der Waals surface area contributed by atoms with Gasteiger partial charge in [-0.1, -0.05) is 26.7 Å². The molecule has 0 aromatic heterocycles. The lowest BCUT2D eigenvalue weighted by atomic mass is 10.1. The number of hydrogen-bond donors (Lipinski definition) is 1. The smallest absolute Gasteiger partial charge is 0.0558 e. The average molecular weight is 285 g/mol. The van der Waals surface area contributed by atoms with Crippen molar-refractivity contribution >= 4 is 0 Å². The van der Waals surface area contributed by atoms with Crippen molar-refractivity contribution in [3.63, 3.8) is 0 Å². The molecule has 1 saturated heterocycles. The van der Waals surface area contributed by atoms with Gasteiger partial charge in [-0.3, -0.25) is 4.90 Å². The number of aliphatic hydroxyl groups is 1. The molecule has 0 aromatic carbocycles. The first-order valence-corrected chi connectivity index (χ1v) is 8.58. The predicted octanol–water partition coefficient (Wildman–Crippen LogP) is 1.50. The topological polar surface area (TPSA) is 30.0 Å². The molecule has 0 radical (unpaired) electrons. The van der Waals surface area contributed by atoms with Gasteiger partial charge in [-0.25, -0.2) is 0 Å². The van der Waals surface area contributed by atoms with Crippen LogP contribution in [0.3, 0.4) is 0 Å². The highest BCUT2D eigenvalue weighted by Gasteiger charge is 2.15. The maximum Gasteiger partial charge on any atom is 0.0558 e. The Morgan fingerprint density at radius 1 is 0.800 bits per heavy atom. The van der Waals surface area contributed by atoms with E-state index in [1.54, 1.807) is 0 Å². The van der Waals surface area contributed by atoms with Gasteiger partial charge in [0.15, 0.2) is 0 Å². The van der Waals surface area contributed by atoms with Gasteiger partial charge in [-0.15, -0.1) is 0 Å². The minimum atomic E-state index is 0.298. The van der Waals surface area contributed by atoms with Gasteiger partial charge < -0.3 is 14.9 Å². The molecular formula is C16H35N3O. The molecular weight excluding hydrogens is 250 g/mol. The molecule has 1 heterocycles. The standard InChI is InChI=1S/C16H35N3O/c1-3-17(4-2)9-7-5-6-8-10-18-11-13-19(14-12-18)15-16-20/h20H,3-16H2,1-2H3. The Hall–Kier alpha value is -0.160. The highest BCUT2D eigenvalue weighted by Crippen LogP contribution is 2.06. The fraction of sp³-hybridized carbons (Fsp3) is 1.00. The zero-order valence-electron chi connectivity index (χ0n) is 13.7. The summed E-state index contributed by atoms with van der Waals surface area (Å²) in [4.78, 5) is 7.46. The largest absolute Gasteiger partial charge is 0.395 e. The van der Waals surface area contributed by atoms with Crippen molar-refractivity contribution in [3.8, 4) is 0 Å². The first-order chi connectivity index (χ1) is 9.80. The number of aliphatic hydroxyl groups excluding tert-OH is 1. The van der Waals surface area contributed by atoms with Crippen LogP contribution in [0, 0.1) is 0 Å². The Balaban J connectivity index is 1.92. The van der Waals surface area contributed by atoms with Crippen molar-refractivity contribution < 1.29 is 5.11 Å². The van der Waals surface area contributed by atoms with Gasteiger partial charge in [0.2, 0.25) is 0 Å². The van der Waals surface area contributed by atoms with Crippen LogP contribution in [0.4, 0.5) is 0 Å². The molecule has 0 spiro atoms. The van der Waals surface area contributed by atoms with Crippen LogP contribution in [-0.2, 0) is 0 Å². The van der Waals surface area contributed by atoms with Gasteiger partial charge in [0, 0.05) is 32.7 Å². The summed E-state index contributed by atoms with van der Waals surface area (Å²) in [7, 11) is 0. The summed E-state index contributed by atoms with van der Waals surface area (Å²) in [5.74, 6) is 0. The van der Waals surface area contributed by atoms with E-state index in [0.717, 1.165) is 19.6 Å². The molecule has 0 bridgehead atoms. The van der Waals surface area contributed by atoms with Crippen molar-refractivity contribution in [2.45, 2.75) is 39.5 Å². The lowest BCUT2D eigenvalue weighted by Crippen LogP contribution is -2.47. The van der Waals surface area contributed by atoms with Crippen LogP contribution in [0.25, 0.3) is 0 Å². The van der Waals surface area contributed by atoms with Crippen LogP contribution in [0.15, 0.2) is 0 Å². The van der Waals surface area contributed by atoms with E-state index in [9.17, 15) is 0 Å². The SMILES string of the molecule is CCN(CC)CCCCCCN1CCN(CCO)CC1. The number of unbranched alkanes of at least 4 members (excludes halogenated alkanes) is 3. The molecule has 120 valence electrons. The van der Waals surface area contributed by atoms with Crippen molar-refractivity contribution in [1.82, 2.24) is 14.7 Å². The molecule has 4 heteroatoms. The van der Waals surface area contributed by atoms with Crippen LogP contribution in [0.5, 0.6) is 0 Å². The molecule has 0 amide bonds. The third kappa shape index (κ3) is 7.58. The number of β-amino-alcohol motifs (C(OH)–C–C–N with tert-alkyl or cyclic N) is 1. The fourth-order valence-electron chi connectivity index (χ4n) is 2.94. The molecule has 1 rings (SSSR count). The van der Waals surface area contributed by atoms with Crippen molar-refractivity contribution in [2.24, 2.45) is 0 Å². The van der Waals surface area contributed by atoms with Crippen molar-refractivity contribution in [2.75, 3.05) is 65.5 Å². The van der Waals surface area contributed by atoms with Crippen molar-refractivity contribution in [1.29, 1.82) is 0 Å². The maximum absolute atomic E-state index is 8.92. The molecule has 0 aliphatic carbocycles. The molecule has 0 atom stereocenters. The monoisotopic (exact) mass is 285 g/mol. The summed E-state index contributed by atoms with van der Waals surface area (Å²) in [6.07, 6.45) is 5.45. The van der Waals surface area contributed by atoms with E-state index in [1.807, 2.05) is 0 Å². The van der Waals surface area contributed by atoms with Crippen molar-refractivity contribution in [3.05, 3.63) is 0 Å². The first kappa shape index (κ1) is 17.9. The van der Waals surface area contributed by atoms with Gasteiger partial charge in [-0.2, -0.15) is 0 Å². The van der Waals surface area contributed by atoms with E-state index in [1.165, 1.54) is 65.0 Å². The second-order valence-corrected chi connectivity index (χ2v) is 5.85. The van der Waals surface area contributed by atoms with Gasteiger partial charge in [0.05, 0.1) is 6.61 Å². The summed E-state index contributed by atoms with van der Waals surface area (Å²) in [5.41, 5.74) is 0. The van der Waals surface area contributed by atoms with E-state index >= 15 is 0 Å². The minimum Gasteiger partial charge on any atom is -0.395 e. The van der Waals surface area contributed by atoms with E-state index in [4.69, 9.17) is 5.11 Å². The van der Waals surface area contributed by atoms with E-state index in [2.05, 4.69) is 28.5 Å². The maximum atomic E-state index is 8.92. The zero-order chi connectivity index (χ0) is 14.6. The lowest BCUT2D eigenvalue weighted by molar-refractivity contribution is 0.111. The molecule has 0 aromatic rings. The summed E-state index contributed by atoms with van der Waals surface area (Å²) >= 11 is 0. The number of piperazine rings is 1. The first-order valence-electron chi connectivity index (χ1n) is 8.58. The average Bonchev–Trinajstić information content (AvgIpc) is 2.48. The van der Waals surface area contributed by atoms with Crippen LogP contribution < -0.4 is 0 Å². The van der Waals surface area contributed by atoms with Gasteiger partial charge in [-0.05, 0) is 39.0 Å². The zero-order valence-corrected chi connectivity index (χ0v) is 13.7.